The van der Waals surface area contributed by atoms with Gasteiger partial charge in [-0.05, 0) is 36.1 Å². The molecule has 0 aliphatic carbocycles. The van der Waals surface area contributed by atoms with Crippen LogP contribution in [0.15, 0.2) is 48.5 Å². The van der Waals surface area contributed by atoms with Gasteiger partial charge in [-0.25, -0.2) is 0 Å². The first-order valence-electron chi connectivity index (χ1n) is 10.8. The molecule has 1 amide bonds. The second-order valence-corrected chi connectivity index (χ2v) is 7.39. The first-order valence-corrected chi connectivity index (χ1v) is 10.8. The Morgan fingerprint density at radius 1 is 0.897 bits per heavy atom. The summed E-state index contributed by atoms with van der Waals surface area (Å²) in [5, 5.41) is 0. The molecule has 0 heterocycles. The summed E-state index contributed by atoms with van der Waals surface area (Å²) in [7, 11) is 1.65. The predicted octanol–water partition coefficient (Wildman–Crippen LogP) is 5.98. The lowest BCUT2D eigenvalue weighted by atomic mass is 10.1. The van der Waals surface area contributed by atoms with Gasteiger partial charge in [0.1, 0.15) is 6.61 Å². The van der Waals surface area contributed by atoms with Crippen molar-refractivity contribution in [2.45, 2.75) is 65.5 Å². The number of ether oxygens (including phenoxy) is 2. The zero-order valence-corrected chi connectivity index (χ0v) is 18.2. The highest BCUT2D eigenvalue weighted by atomic mass is 16.5. The first kappa shape index (κ1) is 22.8. The summed E-state index contributed by atoms with van der Waals surface area (Å²) < 4.78 is 11.5. The smallest absolute Gasteiger partial charge is 0.222 e. The van der Waals surface area contributed by atoms with Gasteiger partial charge >= 0.3 is 0 Å². The third-order valence-electron chi connectivity index (χ3n) is 4.97. The molecule has 0 aliphatic rings. The molecule has 0 aromatic heterocycles. The van der Waals surface area contributed by atoms with Gasteiger partial charge in [0.2, 0.25) is 5.91 Å². The molecule has 2 rings (SSSR count). The minimum absolute atomic E-state index is 0.246. The lowest BCUT2D eigenvalue weighted by molar-refractivity contribution is -0.132. The summed E-state index contributed by atoms with van der Waals surface area (Å²) in [4.78, 5) is 14.7. The third-order valence-corrected chi connectivity index (χ3v) is 4.97. The van der Waals surface area contributed by atoms with E-state index >= 15 is 0 Å². The Balaban J connectivity index is 2.04. The fraction of sp³-hybridized carbons (Fsp3) is 0.480. The number of hydrogen-bond acceptors (Lipinski definition) is 3. The van der Waals surface area contributed by atoms with Gasteiger partial charge < -0.3 is 14.4 Å². The van der Waals surface area contributed by atoms with Gasteiger partial charge in [-0.3, -0.25) is 4.79 Å². The number of methoxy groups -OCH3 is 1. The SMILES string of the molecule is CCCCCC(=O)N(CCCC)Cc1ccc(OCc2ccccc2)c(OC)c1. The van der Waals surface area contributed by atoms with Gasteiger partial charge in [0.05, 0.1) is 7.11 Å². The average molecular weight is 398 g/mol. The van der Waals surface area contributed by atoms with E-state index in [2.05, 4.69) is 13.8 Å². The molecule has 0 saturated heterocycles. The molecule has 4 nitrogen and oxygen atoms in total. The maximum Gasteiger partial charge on any atom is 0.222 e. The minimum atomic E-state index is 0.246. The third kappa shape index (κ3) is 7.80. The van der Waals surface area contributed by atoms with E-state index in [1.807, 2.05) is 53.4 Å². The van der Waals surface area contributed by atoms with E-state index in [4.69, 9.17) is 9.47 Å². The van der Waals surface area contributed by atoms with Gasteiger partial charge in [-0.1, -0.05) is 69.5 Å². The molecule has 0 saturated carbocycles. The molecule has 0 bridgehead atoms. The van der Waals surface area contributed by atoms with E-state index in [9.17, 15) is 4.79 Å². The van der Waals surface area contributed by atoms with Crippen molar-refractivity contribution in [1.82, 2.24) is 4.90 Å². The maximum absolute atomic E-state index is 12.7. The summed E-state index contributed by atoms with van der Waals surface area (Å²) in [6.45, 7) is 6.22. The number of carbonyl (C=O) groups is 1. The predicted molar refractivity (Wildman–Crippen MR) is 118 cm³/mol. The van der Waals surface area contributed by atoms with Gasteiger partial charge in [-0.15, -0.1) is 0 Å². The van der Waals surface area contributed by atoms with Crippen molar-refractivity contribution < 1.29 is 14.3 Å². The summed E-state index contributed by atoms with van der Waals surface area (Å²) in [5.74, 6) is 1.66. The molecule has 0 atom stereocenters. The molecule has 2 aromatic rings. The molecule has 0 spiro atoms. The van der Waals surface area contributed by atoms with Crippen LogP contribution in [-0.4, -0.2) is 24.5 Å². The number of amides is 1. The Morgan fingerprint density at radius 3 is 2.34 bits per heavy atom. The molecule has 2 aromatic carbocycles. The van der Waals surface area contributed by atoms with E-state index in [0.717, 1.165) is 55.5 Å². The second-order valence-electron chi connectivity index (χ2n) is 7.39. The van der Waals surface area contributed by atoms with Crippen LogP contribution in [0, 0.1) is 0 Å². The Bertz CT molecular complexity index is 730. The van der Waals surface area contributed by atoms with Crippen molar-refractivity contribution in [2.24, 2.45) is 0 Å². The monoisotopic (exact) mass is 397 g/mol. The van der Waals surface area contributed by atoms with Gasteiger partial charge in [0.15, 0.2) is 11.5 Å². The van der Waals surface area contributed by atoms with E-state index in [1.54, 1.807) is 7.11 Å². The Kier molecular flexibility index (Phi) is 10.1. The molecule has 0 fully saturated rings. The van der Waals surface area contributed by atoms with Crippen LogP contribution in [0.3, 0.4) is 0 Å². The lowest BCUT2D eigenvalue weighted by Gasteiger charge is -2.23. The van der Waals surface area contributed by atoms with Crippen LogP contribution in [0.2, 0.25) is 0 Å². The topological polar surface area (TPSA) is 38.8 Å². The number of carbonyl (C=O) groups excluding carboxylic acids is 1. The largest absolute Gasteiger partial charge is 0.493 e. The molecular formula is C25H35NO3. The number of unbranched alkanes of at least 4 members (excludes halogenated alkanes) is 3. The first-order chi connectivity index (χ1) is 14.2. The molecular weight excluding hydrogens is 362 g/mol. The van der Waals surface area contributed by atoms with Crippen molar-refractivity contribution in [3.63, 3.8) is 0 Å². The Hall–Kier alpha value is -2.49. The molecule has 0 aliphatic heterocycles. The Labute approximate surface area is 175 Å². The number of benzene rings is 2. The summed E-state index contributed by atoms with van der Waals surface area (Å²) >= 11 is 0. The average Bonchev–Trinajstić information content (AvgIpc) is 2.76. The fourth-order valence-electron chi connectivity index (χ4n) is 3.21. The van der Waals surface area contributed by atoms with Gasteiger partial charge in [0, 0.05) is 19.5 Å². The molecule has 0 radical (unpaired) electrons. The minimum Gasteiger partial charge on any atom is -0.493 e. The van der Waals surface area contributed by atoms with E-state index in [-0.39, 0.29) is 5.91 Å². The van der Waals surface area contributed by atoms with Crippen LogP contribution in [-0.2, 0) is 17.9 Å². The van der Waals surface area contributed by atoms with Crippen LogP contribution in [0.4, 0.5) is 0 Å². The van der Waals surface area contributed by atoms with Crippen LogP contribution in [0.1, 0.15) is 63.5 Å². The second kappa shape index (κ2) is 12.9. The van der Waals surface area contributed by atoms with Crippen molar-refractivity contribution in [2.75, 3.05) is 13.7 Å². The molecule has 4 heteroatoms. The zero-order valence-electron chi connectivity index (χ0n) is 18.2. The molecule has 29 heavy (non-hydrogen) atoms. The van der Waals surface area contributed by atoms with E-state index in [0.29, 0.717) is 25.3 Å². The summed E-state index contributed by atoms with van der Waals surface area (Å²) in [6.07, 6.45) is 5.93. The fourth-order valence-corrected chi connectivity index (χ4v) is 3.21. The Morgan fingerprint density at radius 2 is 1.66 bits per heavy atom. The van der Waals surface area contributed by atoms with E-state index in [1.165, 1.54) is 0 Å². The van der Waals surface area contributed by atoms with Gasteiger partial charge in [-0.2, -0.15) is 0 Å². The van der Waals surface area contributed by atoms with Crippen molar-refractivity contribution in [3.8, 4) is 11.5 Å². The van der Waals surface area contributed by atoms with Gasteiger partial charge in [0.25, 0.3) is 0 Å². The van der Waals surface area contributed by atoms with Crippen LogP contribution in [0.5, 0.6) is 11.5 Å². The molecule has 158 valence electrons. The standard InChI is InChI=1S/C25H35NO3/c1-4-6-9-14-25(27)26(17-7-5-2)19-22-15-16-23(24(18-22)28-3)29-20-21-12-10-8-11-13-21/h8,10-13,15-16,18H,4-7,9,14,17,19-20H2,1-3H3. The molecule has 0 N–H and O–H groups in total. The molecule has 0 unspecified atom stereocenters. The normalized spacial score (nSPS) is 10.6. The van der Waals surface area contributed by atoms with Crippen LogP contribution >= 0.6 is 0 Å². The van der Waals surface area contributed by atoms with Crippen LogP contribution < -0.4 is 9.47 Å². The van der Waals surface area contributed by atoms with Crippen molar-refractivity contribution in [3.05, 3.63) is 59.7 Å². The summed E-state index contributed by atoms with van der Waals surface area (Å²) in [5.41, 5.74) is 2.18. The quantitative estimate of drug-likeness (QED) is 0.390. The lowest BCUT2D eigenvalue weighted by Crippen LogP contribution is -2.31. The number of hydrogen-bond donors (Lipinski definition) is 0. The highest BCUT2D eigenvalue weighted by molar-refractivity contribution is 5.76. The maximum atomic E-state index is 12.7. The highest BCUT2D eigenvalue weighted by Crippen LogP contribution is 2.29. The van der Waals surface area contributed by atoms with Crippen molar-refractivity contribution >= 4 is 5.91 Å². The highest BCUT2D eigenvalue weighted by Gasteiger charge is 2.15. The van der Waals surface area contributed by atoms with E-state index < -0.39 is 0 Å². The number of nitrogens with zero attached hydrogens (tertiary/aromatic N) is 1. The summed E-state index contributed by atoms with van der Waals surface area (Å²) in [6, 6.07) is 16.0. The number of rotatable bonds is 13. The van der Waals surface area contributed by atoms with Crippen LogP contribution in [0.25, 0.3) is 0 Å². The zero-order chi connectivity index (χ0) is 20.9. The van der Waals surface area contributed by atoms with Crippen molar-refractivity contribution in [1.29, 1.82) is 0 Å².